The molecule has 0 aliphatic rings. The molecule has 3 rings (SSSR count). The lowest BCUT2D eigenvalue weighted by Gasteiger charge is -2.08. The molecule has 0 saturated carbocycles. The molecule has 2 aromatic heterocycles. The lowest BCUT2D eigenvalue weighted by molar-refractivity contribution is -0.140. The number of nitrogens with zero attached hydrogens (tertiary/aromatic N) is 2. The van der Waals surface area contributed by atoms with E-state index in [-0.39, 0.29) is 11.0 Å². The van der Waals surface area contributed by atoms with E-state index >= 15 is 0 Å². The van der Waals surface area contributed by atoms with Gasteiger partial charge in [-0.1, -0.05) is 18.2 Å². The van der Waals surface area contributed by atoms with E-state index in [2.05, 4.69) is 9.97 Å². The fourth-order valence-electron chi connectivity index (χ4n) is 1.90. The van der Waals surface area contributed by atoms with Crippen molar-refractivity contribution in [1.82, 2.24) is 9.97 Å². The van der Waals surface area contributed by atoms with E-state index in [0.717, 1.165) is 12.1 Å². The molecule has 19 heavy (non-hydrogen) atoms. The zero-order valence-corrected chi connectivity index (χ0v) is 9.37. The number of rotatable bonds is 0. The highest BCUT2D eigenvalue weighted by atomic mass is 19.4. The highest BCUT2D eigenvalue weighted by molar-refractivity contribution is 6.02. The summed E-state index contributed by atoms with van der Waals surface area (Å²) >= 11 is 0. The molecule has 0 aliphatic heterocycles. The summed E-state index contributed by atoms with van der Waals surface area (Å²) in [6, 6.07) is 8.11. The SMILES string of the molecule is Fc1ccc2ccc3ccc(C(F)(F)F)nc3c2n1. The Hall–Kier alpha value is -2.24. The number of pyridine rings is 2. The van der Waals surface area contributed by atoms with Gasteiger partial charge in [0.25, 0.3) is 0 Å². The molecular formula is C13H6F4N2. The zero-order valence-electron chi connectivity index (χ0n) is 9.37. The first-order chi connectivity index (χ1) is 8.95. The van der Waals surface area contributed by atoms with Gasteiger partial charge in [0, 0.05) is 10.8 Å². The van der Waals surface area contributed by atoms with Gasteiger partial charge >= 0.3 is 6.18 Å². The average Bonchev–Trinajstić information content (AvgIpc) is 2.37. The average molecular weight is 266 g/mol. The normalized spacial score (nSPS) is 12.2. The van der Waals surface area contributed by atoms with E-state index in [1.165, 1.54) is 12.1 Å². The second-order valence-electron chi connectivity index (χ2n) is 4.04. The Morgan fingerprint density at radius 2 is 1.26 bits per heavy atom. The highest BCUT2D eigenvalue weighted by Gasteiger charge is 2.32. The quantitative estimate of drug-likeness (QED) is 0.350. The second kappa shape index (κ2) is 3.88. The molecule has 0 unspecified atom stereocenters. The van der Waals surface area contributed by atoms with Crippen molar-refractivity contribution in [1.29, 1.82) is 0 Å². The van der Waals surface area contributed by atoms with Crippen molar-refractivity contribution in [3.63, 3.8) is 0 Å². The van der Waals surface area contributed by atoms with Gasteiger partial charge in [0.15, 0.2) is 0 Å². The number of alkyl halides is 3. The molecule has 0 aliphatic carbocycles. The van der Waals surface area contributed by atoms with Gasteiger partial charge < -0.3 is 0 Å². The maximum Gasteiger partial charge on any atom is 0.433 e. The number of hydrogen-bond donors (Lipinski definition) is 0. The van der Waals surface area contributed by atoms with Gasteiger partial charge in [-0.15, -0.1) is 0 Å². The van der Waals surface area contributed by atoms with Crippen LogP contribution in [0.5, 0.6) is 0 Å². The minimum absolute atomic E-state index is 0.0480. The minimum Gasteiger partial charge on any atom is -0.241 e. The van der Waals surface area contributed by atoms with E-state index in [4.69, 9.17) is 0 Å². The molecule has 96 valence electrons. The number of benzene rings is 1. The van der Waals surface area contributed by atoms with Gasteiger partial charge in [0.2, 0.25) is 5.95 Å². The summed E-state index contributed by atoms with van der Waals surface area (Å²) < 4.78 is 51.1. The van der Waals surface area contributed by atoms with Gasteiger partial charge in [-0.25, -0.2) is 9.97 Å². The van der Waals surface area contributed by atoms with Crippen molar-refractivity contribution in [2.75, 3.05) is 0 Å². The predicted octanol–water partition coefficient (Wildman–Crippen LogP) is 3.94. The van der Waals surface area contributed by atoms with Crippen LogP contribution in [0.4, 0.5) is 17.6 Å². The van der Waals surface area contributed by atoms with Crippen LogP contribution in [0.25, 0.3) is 21.8 Å². The number of fused-ring (bicyclic) bond motifs is 3. The lowest BCUT2D eigenvalue weighted by atomic mass is 10.1. The Balaban J connectivity index is 2.41. The van der Waals surface area contributed by atoms with Gasteiger partial charge in [0.05, 0.1) is 11.0 Å². The monoisotopic (exact) mass is 266 g/mol. The van der Waals surface area contributed by atoms with Gasteiger partial charge in [-0.05, 0) is 18.2 Å². The summed E-state index contributed by atoms with van der Waals surface area (Å²) in [7, 11) is 0. The summed E-state index contributed by atoms with van der Waals surface area (Å²) in [4.78, 5) is 7.19. The molecule has 6 heteroatoms. The van der Waals surface area contributed by atoms with E-state index in [0.29, 0.717) is 10.8 Å². The maximum atomic E-state index is 13.1. The van der Waals surface area contributed by atoms with Crippen molar-refractivity contribution in [3.05, 3.63) is 48.0 Å². The first-order valence-corrected chi connectivity index (χ1v) is 5.38. The van der Waals surface area contributed by atoms with Crippen LogP contribution >= 0.6 is 0 Å². The van der Waals surface area contributed by atoms with Crippen molar-refractivity contribution in [2.24, 2.45) is 0 Å². The van der Waals surface area contributed by atoms with Crippen LogP contribution in [0.15, 0.2) is 36.4 Å². The van der Waals surface area contributed by atoms with Crippen molar-refractivity contribution in [2.45, 2.75) is 6.18 Å². The molecule has 0 fully saturated rings. The first-order valence-electron chi connectivity index (χ1n) is 5.38. The van der Waals surface area contributed by atoms with Gasteiger partial charge in [-0.3, -0.25) is 0 Å². The number of aromatic nitrogens is 2. The van der Waals surface area contributed by atoms with Gasteiger partial charge in [-0.2, -0.15) is 17.6 Å². The molecule has 0 radical (unpaired) electrons. The van der Waals surface area contributed by atoms with Crippen LogP contribution < -0.4 is 0 Å². The maximum absolute atomic E-state index is 13.1. The fraction of sp³-hybridized carbons (Fsp3) is 0.0769. The Morgan fingerprint density at radius 3 is 1.89 bits per heavy atom. The smallest absolute Gasteiger partial charge is 0.241 e. The summed E-state index contributed by atoms with van der Waals surface area (Å²) in [5, 5.41) is 1.03. The molecule has 0 atom stereocenters. The molecule has 0 amide bonds. The van der Waals surface area contributed by atoms with Crippen molar-refractivity contribution < 1.29 is 17.6 Å². The molecule has 2 nitrogen and oxygen atoms in total. The summed E-state index contributed by atoms with van der Waals surface area (Å²) in [5.74, 6) is -0.751. The Morgan fingerprint density at radius 1 is 0.737 bits per heavy atom. The highest BCUT2D eigenvalue weighted by Crippen LogP contribution is 2.30. The molecule has 2 heterocycles. The minimum atomic E-state index is -4.54. The molecule has 0 saturated heterocycles. The third-order valence-electron chi connectivity index (χ3n) is 2.78. The molecule has 0 bridgehead atoms. The van der Waals surface area contributed by atoms with Crippen LogP contribution in [-0.4, -0.2) is 9.97 Å². The van der Waals surface area contributed by atoms with Gasteiger partial charge in [0.1, 0.15) is 5.69 Å². The van der Waals surface area contributed by atoms with E-state index < -0.39 is 17.8 Å². The summed E-state index contributed by atoms with van der Waals surface area (Å²) in [6.07, 6.45) is -4.54. The lowest BCUT2D eigenvalue weighted by Crippen LogP contribution is -2.07. The Kier molecular flexibility index (Phi) is 2.41. The first kappa shape index (κ1) is 11.8. The molecule has 3 aromatic rings. The Bertz CT molecular complexity index is 781. The van der Waals surface area contributed by atoms with Crippen LogP contribution in [0.3, 0.4) is 0 Å². The summed E-state index contributed by atoms with van der Waals surface area (Å²) in [5.41, 5.74) is -0.839. The fourth-order valence-corrected chi connectivity index (χ4v) is 1.90. The number of halogens is 4. The van der Waals surface area contributed by atoms with Crippen LogP contribution in [0.2, 0.25) is 0 Å². The van der Waals surface area contributed by atoms with Crippen LogP contribution in [0.1, 0.15) is 5.69 Å². The third-order valence-corrected chi connectivity index (χ3v) is 2.78. The molecule has 1 aromatic carbocycles. The van der Waals surface area contributed by atoms with Crippen LogP contribution in [0, 0.1) is 5.95 Å². The largest absolute Gasteiger partial charge is 0.433 e. The standard InChI is InChI=1S/C13H6F4N2/c14-10-6-4-8-2-1-7-3-5-9(13(15,16)17)18-11(7)12(8)19-10/h1-6H. The van der Waals surface area contributed by atoms with Crippen LogP contribution in [-0.2, 0) is 6.18 Å². The van der Waals surface area contributed by atoms with Crippen molar-refractivity contribution >= 4 is 21.8 Å². The third kappa shape index (κ3) is 1.99. The zero-order chi connectivity index (χ0) is 13.6. The van der Waals surface area contributed by atoms with E-state index in [1.54, 1.807) is 12.1 Å². The Labute approximate surface area is 104 Å². The van der Waals surface area contributed by atoms with Crippen molar-refractivity contribution in [3.8, 4) is 0 Å². The summed E-state index contributed by atoms with van der Waals surface area (Å²) in [6.45, 7) is 0. The second-order valence-corrected chi connectivity index (χ2v) is 4.04. The molecule has 0 spiro atoms. The van der Waals surface area contributed by atoms with E-state index in [1.807, 2.05) is 0 Å². The van der Waals surface area contributed by atoms with E-state index in [9.17, 15) is 17.6 Å². The molecular weight excluding hydrogens is 260 g/mol. The predicted molar refractivity (Wildman–Crippen MR) is 62.0 cm³/mol. The number of hydrogen-bond acceptors (Lipinski definition) is 2. The topological polar surface area (TPSA) is 25.8 Å². The molecule has 0 N–H and O–H groups in total.